The van der Waals surface area contributed by atoms with Crippen LogP contribution in [0.2, 0.25) is 0 Å². The van der Waals surface area contributed by atoms with E-state index in [9.17, 15) is 0 Å². The van der Waals surface area contributed by atoms with Gasteiger partial charge in [0.1, 0.15) is 0 Å². The number of benzene rings is 2. The van der Waals surface area contributed by atoms with Crippen molar-refractivity contribution < 1.29 is 0 Å². The van der Waals surface area contributed by atoms with Gasteiger partial charge in [-0.2, -0.15) is 0 Å². The Morgan fingerprint density at radius 3 is 2.26 bits per heavy atom. The second kappa shape index (κ2) is 8.34. The Balaban J connectivity index is 1.95. The molecule has 1 saturated heterocycles. The molecule has 1 aliphatic heterocycles. The molecule has 2 aromatic rings. The molecule has 0 bridgehead atoms. The van der Waals surface area contributed by atoms with Crippen molar-refractivity contribution in [3.63, 3.8) is 0 Å². The lowest BCUT2D eigenvalue weighted by atomic mass is 9.97. The number of nitrogens with zero attached hydrogens (tertiary/aromatic N) is 1. The lowest BCUT2D eigenvalue weighted by Gasteiger charge is -2.31. The van der Waals surface area contributed by atoms with Gasteiger partial charge in [0, 0.05) is 29.0 Å². The first-order valence-corrected chi connectivity index (χ1v) is 10.1. The Morgan fingerprint density at radius 2 is 1.61 bits per heavy atom. The molecule has 1 heterocycles. The molecule has 0 aromatic heterocycles. The number of rotatable bonds is 4. The molecule has 0 aliphatic carbocycles. The van der Waals surface area contributed by atoms with Gasteiger partial charge in [0.25, 0.3) is 0 Å². The van der Waals surface area contributed by atoms with Crippen LogP contribution in [0.3, 0.4) is 0 Å². The highest BCUT2D eigenvalue weighted by atomic mass is 79.9. The normalized spacial score (nSPS) is 17.7. The monoisotopic (exact) mass is 390 g/mol. The van der Waals surface area contributed by atoms with Crippen molar-refractivity contribution in [3.8, 4) is 0 Å². The van der Waals surface area contributed by atoms with E-state index < -0.39 is 0 Å². The third-order valence-corrected chi connectivity index (χ3v) is 5.63. The van der Waals surface area contributed by atoms with Gasteiger partial charge in [0.2, 0.25) is 0 Å². The van der Waals surface area contributed by atoms with E-state index in [2.05, 4.69) is 80.9 Å². The lowest BCUT2D eigenvalue weighted by Crippen LogP contribution is -2.33. The Morgan fingerprint density at radius 1 is 0.957 bits per heavy atom. The number of thioether (sulfide) groups is 1. The summed E-state index contributed by atoms with van der Waals surface area (Å²) < 4.78 is 1.13. The van der Waals surface area contributed by atoms with Crippen LogP contribution in [0.25, 0.3) is 0 Å². The van der Waals surface area contributed by atoms with Gasteiger partial charge in [0.05, 0.1) is 6.04 Å². The molecule has 0 amide bonds. The molecule has 23 heavy (non-hydrogen) atoms. The number of nitrogens with one attached hydrogen (secondary N) is 1. The summed E-state index contributed by atoms with van der Waals surface area (Å²) in [6.45, 7) is 4.41. The molecule has 3 rings (SSSR count). The summed E-state index contributed by atoms with van der Waals surface area (Å²) in [6.07, 6.45) is 3.33. The minimum absolute atomic E-state index is 0.332. The van der Waals surface area contributed by atoms with E-state index in [1.807, 2.05) is 0 Å². The second-order valence-electron chi connectivity index (χ2n) is 5.87. The zero-order valence-corrected chi connectivity index (χ0v) is 15.9. The van der Waals surface area contributed by atoms with E-state index in [-0.39, 0.29) is 0 Å². The van der Waals surface area contributed by atoms with E-state index in [1.165, 1.54) is 22.4 Å². The molecule has 122 valence electrons. The van der Waals surface area contributed by atoms with Crippen LogP contribution in [0.15, 0.2) is 57.9 Å². The molecule has 0 radical (unpaired) electrons. The molecule has 1 fully saturated rings. The van der Waals surface area contributed by atoms with Crippen LogP contribution in [-0.2, 0) is 0 Å². The third kappa shape index (κ3) is 4.38. The highest BCUT2D eigenvalue weighted by Crippen LogP contribution is 2.31. The minimum Gasteiger partial charge on any atom is -0.315 e. The van der Waals surface area contributed by atoms with E-state index in [0.717, 1.165) is 30.7 Å². The zero-order valence-electron chi connectivity index (χ0n) is 13.5. The number of hydrogen-bond acceptors (Lipinski definition) is 3. The van der Waals surface area contributed by atoms with Crippen molar-refractivity contribution in [1.82, 2.24) is 10.2 Å². The van der Waals surface area contributed by atoms with E-state index in [4.69, 9.17) is 0 Å². The first kappa shape index (κ1) is 17.0. The average molecular weight is 391 g/mol. The van der Waals surface area contributed by atoms with Crippen LogP contribution in [0, 0.1) is 0 Å². The number of hydrogen-bond donors (Lipinski definition) is 1. The number of halogens is 1. The summed E-state index contributed by atoms with van der Waals surface area (Å²) >= 11 is 5.35. The predicted octanol–water partition coefficient (Wildman–Crippen LogP) is 4.56. The van der Waals surface area contributed by atoms with Crippen LogP contribution in [0.5, 0.6) is 0 Å². The second-order valence-corrected chi connectivity index (χ2v) is 7.66. The Hall–Kier alpha value is -0.810. The zero-order chi connectivity index (χ0) is 16.1. The summed E-state index contributed by atoms with van der Waals surface area (Å²) in [7, 11) is 0. The fourth-order valence-electron chi connectivity index (χ4n) is 3.17. The first-order chi connectivity index (χ1) is 11.3. The fourth-order valence-corrected chi connectivity index (χ4v) is 3.84. The highest BCUT2D eigenvalue weighted by molar-refractivity contribution is 9.10. The molecule has 0 spiro atoms. The van der Waals surface area contributed by atoms with Crippen molar-refractivity contribution in [2.24, 2.45) is 0 Å². The molecule has 1 aliphatic rings. The summed E-state index contributed by atoms with van der Waals surface area (Å²) in [5, 5.41) is 3.51. The quantitative estimate of drug-likeness (QED) is 0.770. The van der Waals surface area contributed by atoms with Crippen molar-refractivity contribution in [2.75, 3.05) is 32.4 Å². The molecular formula is C19H23BrN2S. The smallest absolute Gasteiger partial charge is 0.0602 e. The van der Waals surface area contributed by atoms with Crippen LogP contribution >= 0.6 is 27.7 Å². The SMILES string of the molecule is CSc1ccc(C(c2ccc(Br)cc2)N2CCCNCC2)cc1. The van der Waals surface area contributed by atoms with Gasteiger partial charge < -0.3 is 5.32 Å². The maximum atomic E-state index is 3.55. The maximum Gasteiger partial charge on any atom is 0.0602 e. The summed E-state index contributed by atoms with van der Waals surface area (Å²) in [4.78, 5) is 3.93. The van der Waals surface area contributed by atoms with Crippen LogP contribution in [0.4, 0.5) is 0 Å². The molecule has 1 unspecified atom stereocenters. The molecule has 4 heteroatoms. The Bertz CT molecular complexity index is 604. The molecule has 0 saturated carbocycles. The maximum absolute atomic E-state index is 3.55. The molecule has 1 atom stereocenters. The van der Waals surface area contributed by atoms with Crippen LogP contribution in [0.1, 0.15) is 23.6 Å². The van der Waals surface area contributed by atoms with Gasteiger partial charge >= 0.3 is 0 Å². The summed E-state index contributed by atoms with van der Waals surface area (Å²) in [5.74, 6) is 0. The first-order valence-electron chi connectivity index (χ1n) is 8.12. The van der Waals surface area contributed by atoms with Gasteiger partial charge in [-0.1, -0.05) is 40.2 Å². The van der Waals surface area contributed by atoms with Gasteiger partial charge in [-0.25, -0.2) is 0 Å². The van der Waals surface area contributed by atoms with Gasteiger partial charge in [-0.3, -0.25) is 4.90 Å². The standard InChI is InChI=1S/C19H23BrN2S/c1-23-18-9-5-16(6-10-18)19(15-3-7-17(20)8-4-15)22-13-2-11-21-12-14-22/h3-10,19,21H,2,11-14H2,1H3. The van der Waals surface area contributed by atoms with E-state index >= 15 is 0 Å². The van der Waals surface area contributed by atoms with Crippen molar-refractivity contribution in [2.45, 2.75) is 17.4 Å². The lowest BCUT2D eigenvalue weighted by molar-refractivity contribution is 0.241. The predicted molar refractivity (Wildman–Crippen MR) is 103 cm³/mol. The molecule has 1 N–H and O–H groups in total. The van der Waals surface area contributed by atoms with E-state index in [0.29, 0.717) is 6.04 Å². The third-order valence-electron chi connectivity index (χ3n) is 4.36. The summed E-state index contributed by atoms with van der Waals surface area (Å²) in [6, 6.07) is 18.2. The highest BCUT2D eigenvalue weighted by Gasteiger charge is 2.23. The van der Waals surface area contributed by atoms with Gasteiger partial charge in [-0.05, 0) is 54.6 Å². The Kier molecular flexibility index (Phi) is 6.17. The fraction of sp³-hybridized carbons (Fsp3) is 0.368. The molecular weight excluding hydrogens is 368 g/mol. The largest absolute Gasteiger partial charge is 0.315 e. The summed E-state index contributed by atoms with van der Waals surface area (Å²) in [5.41, 5.74) is 2.75. The molecule has 2 nitrogen and oxygen atoms in total. The minimum atomic E-state index is 0.332. The molecule has 2 aromatic carbocycles. The topological polar surface area (TPSA) is 15.3 Å². The van der Waals surface area contributed by atoms with Gasteiger partial charge in [0.15, 0.2) is 0 Å². The van der Waals surface area contributed by atoms with Crippen molar-refractivity contribution in [3.05, 3.63) is 64.1 Å². The van der Waals surface area contributed by atoms with Crippen LogP contribution < -0.4 is 5.32 Å². The Labute approximate surface area is 151 Å². The van der Waals surface area contributed by atoms with Crippen molar-refractivity contribution >= 4 is 27.7 Å². The van der Waals surface area contributed by atoms with Crippen LogP contribution in [-0.4, -0.2) is 37.3 Å². The average Bonchev–Trinajstić information content (AvgIpc) is 2.87. The van der Waals surface area contributed by atoms with E-state index in [1.54, 1.807) is 11.8 Å². The van der Waals surface area contributed by atoms with Crippen molar-refractivity contribution in [1.29, 1.82) is 0 Å². The van der Waals surface area contributed by atoms with Gasteiger partial charge in [-0.15, -0.1) is 11.8 Å².